The van der Waals surface area contributed by atoms with Gasteiger partial charge in [0.15, 0.2) is 5.76 Å². The maximum Gasteiger partial charge on any atom is 0.335 e. The molecule has 66 valence electrons. The van der Waals surface area contributed by atoms with E-state index in [-0.39, 0.29) is 29.5 Å². The van der Waals surface area contributed by atoms with Crippen LogP contribution >= 0.6 is 0 Å². The monoisotopic (exact) mass is 170 g/mol. The number of carboxylic acid groups (broad SMARTS) is 1. The molecule has 0 aromatic heterocycles. The summed E-state index contributed by atoms with van der Waals surface area (Å²) < 4.78 is 4.72. The average molecular weight is 170 g/mol. The predicted octanol–water partition coefficient (Wildman–Crippen LogP) is 0.580. The highest BCUT2D eigenvalue weighted by Crippen LogP contribution is 2.28. The van der Waals surface area contributed by atoms with Crippen LogP contribution in [0.2, 0.25) is 0 Å². The number of methoxy groups -OCH3 is 1. The van der Waals surface area contributed by atoms with Gasteiger partial charge in [-0.05, 0) is 6.42 Å². The topological polar surface area (TPSA) is 63.6 Å². The van der Waals surface area contributed by atoms with Gasteiger partial charge in [-0.15, -0.1) is 0 Å². The number of aliphatic carboxylic acids is 1. The van der Waals surface area contributed by atoms with E-state index in [1.807, 2.05) is 0 Å². The van der Waals surface area contributed by atoms with E-state index in [0.29, 0.717) is 0 Å². The Balaban J connectivity index is 3.02. The van der Waals surface area contributed by atoms with Crippen molar-refractivity contribution in [1.82, 2.24) is 0 Å². The molecule has 0 aliphatic heterocycles. The molecule has 0 saturated heterocycles. The second-order valence-electron chi connectivity index (χ2n) is 2.79. The maximum atomic E-state index is 11.2. The fourth-order valence-electron chi connectivity index (χ4n) is 1.27. The van der Waals surface area contributed by atoms with Gasteiger partial charge in [0.05, 0.1) is 12.7 Å². The minimum Gasteiger partial charge on any atom is -0.492 e. The lowest BCUT2D eigenvalue weighted by Gasteiger charge is -1.99. The third kappa shape index (κ3) is 1.20. The number of carboxylic acids is 1. The molecule has 0 radical (unpaired) electrons. The van der Waals surface area contributed by atoms with Crippen LogP contribution in [0, 0.1) is 5.92 Å². The zero-order chi connectivity index (χ0) is 9.30. The molecule has 1 N–H and O–H groups in total. The van der Waals surface area contributed by atoms with E-state index in [9.17, 15) is 9.59 Å². The Bertz CT molecular complexity index is 264. The van der Waals surface area contributed by atoms with E-state index in [4.69, 9.17) is 9.84 Å². The van der Waals surface area contributed by atoms with E-state index in [1.54, 1.807) is 6.92 Å². The van der Waals surface area contributed by atoms with Gasteiger partial charge in [-0.25, -0.2) is 4.79 Å². The highest BCUT2D eigenvalue weighted by atomic mass is 16.5. The average Bonchev–Trinajstić information content (AvgIpc) is 2.29. The molecule has 0 aromatic rings. The fraction of sp³-hybridized carbons (Fsp3) is 0.500. The van der Waals surface area contributed by atoms with Crippen LogP contribution < -0.4 is 0 Å². The van der Waals surface area contributed by atoms with E-state index >= 15 is 0 Å². The number of allylic oxidation sites excluding steroid dienone is 1. The maximum absolute atomic E-state index is 11.2. The van der Waals surface area contributed by atoms with Crippen LogP contribution in [0.25, 0.3) is 0 Å². The Labute approximate surface area is 69.8 Å². The second kappa shape index (κ2) is 2.97. The lowest BCUT2D eigenvalue weighted by atomic mass is 10.1. The summed E-state index contributed by atoms with van der Waals surface area (Å²) in [5.74, 6) is -1.53. The van der Waals surface area contributed by atoms with Crippen molar-refractivity contribution in [3.8, 4) is 0 Å². The van der Waals surface area contributed by atoms with Crippen molar-refractivity contribution in [1.29, 1.82) is 0 Å². The number of carbonyl (C=O) groups excluding carboxylic acids is 1. The van der Waals surface area contributed by atoms with Crippen LogP contribution in [-0.4, -0.2) is 24.0 Å². The molecule has 0 amide bonds. The Morgan fingerprint density at radius 3 is 2.58 bits per heavy atom. The first-order valence-corrected chi connectivity index (χ1v) is 3.62. The molecule has 4 heteroatoms. The lowest BCUT2D eigenvalue weighted by Crippen LogP contribution is -2.07. The minimum atomic E-state index is -1.07. The largest absolute Gasteiger partial charge is 0.492 e. The molecule has 0 bridgehead atoms. The van der Waals surface area contributed by atoms with Crippen molar-refractivity contribution in [2.24, 2.45) is 5.92 Å². The van der Waals surface area contributed by atoms with Gasteiger partial charge in [0.25, 0.3) is 0 Å². The number of ether oxygens (including phenoxy) is 1. The summed E-state index contributed by atoms with van der Waals surface area (Å²) in [6, 6.07) is 0. The van der Waals surface area contributed by atoms with Crippen molar-refractivity contribution >= 4 is 11.8 Å². The summed E-state index contributed by atoms with van der Waals surface area (Å²) in [7, 11) is 1.31. The normalized spacial score (nSPS) is 23.2. The summed E-state index contributed by atoms with van der Waals surface area (Å²) in [4.78, 5) is 21.8. The van der Waals surface area contributed by atoms with Crippen LogP contribution in [0.1, 0.15) is 13.3 Å². The van der Waals surface area contributed by atoms with Crippen LogP contribution in [-0.2, 0) is 14.3 Å². The van der Waals surface area contributed by atoms with Crippen LogP contribution in [0.4, 0.5) is 0 Å². The summed E-state index contributed by atoms with van der Waals surface area (Å²) in [5.41, 5.74) is 0.0926. The first kappa shape index (κ1) is 8.77. The Morgan fingerprint density at radius 2 is 2.25 bits per heavy atom. The Hall–Kier alpha value is -1.32. The van der Waals surface area contributed by atoms with Gasteiger partial charge < -0.3 is 9.84 Å². The van der Waals surface area contributed by atoms with Crippen LogP contribution in [0.5, 0.6) is 0 Å². The summed E-state index contributed by atoms with van der Waals surface area (Å²) in [6.07, 6.45) is 0.275. The van der Waals surface area contributed by atoms with E-state index in [1.165, 1.54) is 7.11 Å². The van der Waals surface area contributed by atoms with E-state index in [2.05, 4.69) is 0 Å². The third-order valence-electron chi connectivity index (χ3n) is 1.92. The number of Topliss-reactive ketones (excluding diaryl/α,β-unsaturated/α-hetero) is 1. The Morgan fingerprint density at radius 1 is 1.67 bits per heavy atom. The number of rotatable bonds is 2. The van der Waals surface area contributed by atoms with Crippen molar-refractivity contribution < 1.29 is 19.4 Å². The number of ketones is 1. The first-order chi connectivity index (χ1) is 5.57. The molecule has 1 aliphatic rings. The minimum absolute atomic E-state index is 0.00926. The van der Waals surface area contributed by atoms with Crippen LogP contribution in [0.3, 0.4) is 0 Å². The summed E-state index contributed by atoms with van der Waals surface area (Å²) in [5, 5.41) is 8.66. The smallest absolute Gasteiger partial charge is 0.335 e. The summed E-state index contributed by atoms with van der Waals surface area (Å²) >= 11 is 0. The molecular formula is C8H10O4. The molecule has 1 unspecified atom stereocenters. The lowest BCUT2D eigenvalue weighted by molar-refractivity contribution is -0.133. The van der Waals surface area contributed by atoms with E-state index < -0.39 is 5.97 Å². The molecule has 12 heavy (non-hydrogen) atoms. The number of carbonyl (C=O) groups is 2. The van der Waals surface area contributed by atoms with Gasteiger partial charge in [-0.3, -0.25) is 4.79 Å². The van der Waals surface area contributed by atoms with Gasteiger partial charge in [0.1, 0.15) is 0 Å². The van der Waals surface area contributed by atoms with E-state index in [0.717, 1.165) is 0 Å². The Kier molecular flexibility index (Phi) is 2.17. The molecule has 1 rings (SSSR count). The van der Waals surface area contributed by atoms with Gasteiger partial charge in [-0.2, -0.15) is 0 Å². The highest BCUT2D eigenvalue weighted by molar-refractivity contribution is 6.06. The van der Waals surface area contributed by atoms with Gasteiger partial charge in [0, 0.05) is 5.92 Å². The van der Waals surface area contributed by atoms with Gasteiger partial charge in [-0.1, -0.05) is 6.92 Å². The molecule has 0 aromatic carbocycles. The standard InChI is InChI=1S/C8H10O4/c1-4-3-5(8(10)11)7(12-2)6(4)9/h4H,3H2,1-2H3,(H,10,11). The zero-order valence-electron chi connectivity index (χ0n) is 6.96. The summed E-state index contributed by atoms with van der Waals surface area (Å²) in [6.45, 7) is 1.69. The molecule has 0 spiro atoms. The number of hydrogen-bond donors (Lipinski definition) is 1. The molecule has 1 aliphatic carbocycles. The first-order valence-electron chi connectivity index (χ1n) is 3.62. The molecule has 0 heterocycles. The van der Waals surface area contributed by atoms with Crippen LogP contribution in [0.15, 0.2) is 11.3 Å². The fourth-order valence-corrected chi connectivity index (χ4v) is 1.27. The predicted molar refractivity (Wildman–Crippen MR) is 40.5 cm³/mol. The third-order valence-corrected chi connectivity index (χ3v) is 1.92. The number of hydrogen-bond acceptors (Lipinski definition) is 3. The molecule has 0 saturated carbocycles. The quantitative estimate of drug-likeness (QED) is 0.658. The molecule has 4 nitrogen and oxygen atoms in total. The van der Waals surface area contributed by atoms with Gasteiger partial charge >= 0.3 is 5.97 Å². The highest BCUT2D eigenvalue weighted by Gasteiger charge is 2.34. The van der Waals surface area contributed by atoms with Crippen molar-refractivity contribution in [3.63, 3.8) is 0 Å². The second-order valence-corrected chi connectivity index (χ2v) is 2.79. The molecular weight excluding hydrogens is 160 g/mol. The van der Waals surface area contributed by atoms with Crippen molar-refractivity contribution in [2.45, 2.75) is 13.3 Å². The van der Waals surface area contributed by atoms with Crippen molar-refractivity contribution in [3.05, 3.63) is 11.3 Å². The zero-order valence-corrected chi connectivity index (χ0v) is 6.96. The van der Waals surface area contributed by atoms with Crippen molar-refractivity contribution in [2.75, 3.05) is 7.11 Å². The molecule has 1 atom stereocenters. The SMILES string of the molecule is COC1=C(C(=O)O)CC(C)C1=O. The molecule has 0 fully saturated rings. The van der Waals surface area contributed by atoms with Gasteiger partial charge in [0.2, 0.25) is 5.78 Å².